The molecule has 0 radical (unpaired) electrons. The van der Waals surface area contributed by atoms with E-state index in [0.29, 0.717) is 32.1 Å². The number of unbranched alkanes of at least 4 members (excludes halogenated alkanes) is 2. The van der Waals surface area contributed by atoms with Crippen molar-refractivity contribution >= 4 is 11.1 Å². The zero-order valence-electron chi connectivity index (χ0n) is 31.0. The molecular formula is C43H64Ti. The molecule has 1 aliphatic heterocycles. The molecule has 0 amide bonds. The Bertz CT molecular complexity index is 1380. The van der Waals surface area contributed by atoms with Gasteiger partial charge in [0, 0.05) is 0 Å². The van der Waals surface area contributed by atoms with Crippen LogP contribution in [-0.4, -0.2) is 0 Å². The van der Waals surface area contributed by atoms with Gasteiger partial charge in [0.05, 0.1) is 0 Å². The monoisotopic (exact) mass is 628 g/mol. The summed E-state index contributed by atoms with van der Waals surface area (Å²) < 4.78 is 4.30. The van der Waals surface area contributed by atoms with Gasteiger partial charge in [-0.1, -0.05) is 0 Å². The third kappa shape index (κ3) is 5.03. The Morgan fingerprint density at radius 2 is 0.955 bits per heavy atom. The normalized spacial score (nSPS) is 21.6. The number of allylic oxidation sites excluding steroid dienone is 4. The average Bonchev–Trinajstić information content (AvgIpc) is 3.44. The first-order valence-electron chi connectivity index (χ1n) is 18.4. The van der Waals surface area contributed by atoms with Crippen LogP contribution in [0.15, 0.2) is 35.4 Å². The van der Waals surface area contributed by atoms with E-state index in [-0.39, 0.29) is 5.41 Å². The van der Waals surface area contributed by atoms with E-state index >= 15 is 0 Å². The van der Waals surface area contributed by atoms with Crippen molar-refractivity contribution in [3.05, 3.63) is 79.9 Å². The minimum absolute atomic E-state index is 0.0307. The molecule has 2 atom stereocenters. The number of hydrogen-bond acceptors (Lipinski definition) is 0. The Morgan fingerprint density at radius 1 is 0.591 bits per heavy atom. The van der Waals surface area contributed by atoms with Crippen molar-refractivity contribution in [3.63, 3.8) is 0 Å². The van der Waals surface area contributed by atoms with Gasteiger partial charge in [0.25, 0.3) is 0 Å². The molecule has 2 aromatic rings. The van der Waals surface area contributed by atoms with E-state index in [2.05, 4.69) is 121 Å². The molecule has 0 spiro atoms. The number of benzene rings is 2. The van der Waals surface area contributed by atoms with Crippen LogP contribution in [-0.2, 0) is 16.6 Å². The molecule has 0 nitrogen and oxygen atoms in total. The van der Waals surface area contributed by atoms with Gasteiger partial charge in [-0.15, -0.1) is 0 Å². The molecule has 0 fully saturated rings. The standard InChI is InChI=1S/C35H46.2C4H9.Ti/c1-19(2)25-15-27-13-23(9)33(31(27)29(17-25)21(5)6)35(11,12)34-24(10)14-28-16-26(20(3)4)18-30(22(7)8)32(28)34;2*1-3-4-2;/h13-22H,1-12H3;2*1,3-4H2,2H3;. The molecule has 0 N–H and O–H groups in total. The minimum atomic E-state index is -2.79. The number of fused-ring (bicyclic) bond motifs is 8. The van der Waals surface area contributed by atoms with Crippen LogP contribution in [0.3, 0.4) is 0 Å². The van der Waals surface area contributed by atoms with E-state index in [9.17, 15) is 0 Å². The molecule has 3 aliphatic rings. The fourth-order valence-electron chi connectivity index (χ4n) is 10.3. The van der Waals surface area contributed by atoms with Crippen molar-refractivity contribution in [1.29, 1.82) is 0 Å². The summed E-state index contributed by atoms with van der Waals surface area (Å²) in [5.41, 5.74) is 20.2. The maximum absolute atomic E-state index is 2.79. The van der Waals surface area contributed by atoms with Crippen LogP contribution in [0.4, 0.5) is 0 Å². The summed E-state index contributed by atoms with van der Waals surface area (Å²) in [4.78, 5) is 0. The van der Waals surface area contributed by atoms with Gasteiger partial charge >= 0.3 is 277 Å². The summed E-state index contributed by atoms with van der Waals surface area (Å²) in [6.07, 6.45) is 5.39. The van der Waals surface area contributed by atoms with E-state index < -0.39 is 16.6 Å². The number of rotatable bonds is 10. The molecule has 0 saturated carbocycles. The molecule has 2 aromatic carbocycles. The van der Waals surface area contributed by atoms with E-state index in [4.69, 9.17) is 0 Å². The molecule has 2 unspecified atom stereocenters. The van der Waals surface area contributed by atoms with Crippen molar-refractivity contribution in [3.8, 4) is 0 Å². The van der Waals surface area contributed by atoms with Crippen molar-refractivity contribution in [2.24, 2.45) is 5.41 Å². The Hall–Kier alpha value is -1.37. The molecule has 0 saturated heterocycles. The summed E-state index contributed by atoms with van der Waals surface area (Å²) in [5, 5.41) is 0. The topological polar surface area (TPSA) is 0 Å². The molecule has 0 aromatic heterocycles. The van der Waals surface area contributed by atoms with E-state index in [1.54, 1.807) is 66.8 Å². The fraction of sp³-hybridized carbons (Fsp3) is 0.628. The summed E-state index contributed by atoms with van der Waals surface area (Å²) in [6, 6.07) is 10.7. The van der Waals surface area contributed by atoms with Crippen molar-refractivity contribution in [2.45, 2.75) is 164 Å². The van der Waals surface area contributed by atoms with Gasteiger partial charge in [0.15, 0.2) is 0 Å². The molecule has 240 valence electrons. The second kappa shape index (κ2) is 12.3. The molecule has 1 heteroatoms. The van der Waals surface area contributed by atoms with Crippen molar-refractivity contribution in [2.75, 3.05) is 0 Å². The molecule has 1 heterocycles. The molecule has 44 heavy (non-hydrogen) atoms. The SMILES string of the molecule is CCC[CH2][Ti]1([CH2]CCC)[CH]2C(C)=C(c3c(C(C)C)cc(C(C)C)cc32)C(C)(C)C2=C(C)[CH]1c1cc(C(C)C)cc(C(C)C)c12. The Labute approximate surface area is 276 Å². The summed E-state index contributed by atoms with van der Waals surface area (Å²) in [7, 11) is 0. The second-order valence-electron chi connectivity index (χ2n) is 16.8. The van der Waals surface area contributed by atoms with Crippen LogP contribution < -0.4 is 0 Å². The maximum atomic E-state index is 2.74. The summed E-state index contributed by atoms with van der Waals surface area (Å²) in [5.74, 6) is 2.15. The third-order valence-electron chi connectivity index (χ3n) is 12.2. The summed E-state index contributed by atoms with van der Waals surface area (Å²) in [6.45, 7) is 34.8. The van der Waals surface area contributed by atoms with Gasteiger partial charge in [-0.2, -0.15) is 0 Å². The van der Waals surface area contributed by atoms with E-state index in [1.165, 1.54) is 35.1 Å². The van der Waals surface area contributed by atoms with Gasteiger partial charge in [-0.25, -0.2) is 0 Å². The molecular weight excluding hydrogens is 564 g/mol. The van der Waals surface area contributed by atoms with E-state index in [0.717, 1.165) is 0 Å². The van der Waals surface area contributed by atoms with Crippen LogP contribution in [0, 0.1) is 5.41 Å². The molecule has 5 rings (SSSR count). The third-order valence-corrected chi connectivity index (χ3v) is 22.1. The van der Waals surface area contributed by atoms with E-state index in [1.807, 2.05) is 0 Å². The Balaban J connectivity index is 2.00. The van der Waals surface area contributed by atoms with Gasteiger partial charge in [0.1, 0.15) is 0 Å². The quantitative estimate of drug-likeness (QED) is 0.230. The van der Waals surface area contributed by atoms with Crippen LogP contribution in [0.2, 0.25) is 9.45 Å². The van der Waals surface area contributed by atoms with Crippen LogP contribution in [0.5, 0.6) is 0 Å². The second-order valence-corrected chi connectivity index (χ2v) is 24.0. The zero-order chi connectivity index (χ0) is 32.5. The summed E-state index contributed by atoms with van der Waals surface area (Å²) >= 11 is -2.79. The zero-order valence-corrected chi connectivity index (χ0v) is 32.6. The van der Waals surface area contributed by atoms with Crippen LogP contribution in [0.25, 0.3) is 11.1 Å². The molecule has 2 aliphatic carbocycles. The first kappa shape index (κ1) is 34.0. The van der Waals surface area contributed by atoms with Crippen LogP contribution in [0.1, 0.15) is 199 Å². The van der Waals surface area contributed by atoms with Gasteiger partial charge < -0.3 is 0 Å². The first-order valence-corrected chi connectivity index (χ1v) is 22.4. The fourth-order valence-corrected chi connectivity index (χ4v) is 21.9. The van der Waals surface area contributed by atoms with Gasteiger partial charge in [-0.3, -0.25) is 0 Å². The predicted molar refractivity (Wildman–Crippen MR) is 193 cm³/mol. The first-order chi connectivity index (χ1) is 20.6. The average molecular weight is 629 g/mol. The van der Waals surface area contributed by atoms with Crippen LogP contribution >= 0.6 is 0 Å². The molecule has 4 bridgehead atoms. The van der Waals surface area contributed by atoms with Gasteiger partial charge in [0.2, 0.25) is 0 Å². The predicted octanol–water partition coefficient (Wildman–Crippen LogP) is 14.2. The van der Waals surface area contributed by atoms with Gasteiger partial charge in [-0.05, 0) is 0 Å². The van der Waals surface area contributed by atoms with Crippen molar-refractivity contribution < 1.29 is 16.6 Å². The number of hydrogen-bond donors (Lipinski definition) is 0. The Morgan fingerprint density at radius 3 is 1.25 bits per heavy atom. The Kier molecular flexibility index (Phi) is 9.53. The van der Waals surface area contributed by atoms with Crippen molar-refractivity contribution in [1.82, 2.24) is 0 Å².